The zero-order valence-corrected chi connectivity index (χ0v) is 24.0. The van der Waals surface area contributed by atoms with E-state index in [1.54, 1.807) is 23.0 Å². The molecule has 6 rings (SSSR count). The minimum atomic E-state index is -1.39. The largest absolute Gasteiger partial charge is 0.477 e. The predicted molar refractivity (Wildman–Crippen MR) is 162 cm³/mol. The summed E-state index contributed by atoms with van der Waals surface area (Å²) in [6.07, 6.45) is 9.00. The molecule has 42 heavy (non-hydrogen) atoms. The molecule has 1 N–H and O–H groups in total. The summed E-state index contributed by atoms with van der Waals surface area (Å²) in [6.45, 7) is 7.06. The van der Waals surface area contributed by atoms with Gasteiger partial charge in [-0.05, 0) is 43.7 Å². The summed E-state index contributed by atoms with van der Waals surface area (Å²) in [7, 11) is 0. The number of hydrogen-bond acceptors (Lipinski definition) is 7. The number of carboxylic acids is 1. The van der Waals surface area contributed by atoms with Gasteiger partial charge in [-0.3, -0.25) is 9.69 Å². The topological polar surface area (TPSA) is 94.8 Å². The molecule has 9 nitrogen and oxygen atoms in total. The summed E-state index contributed by atoms with van der Waals surface area (Å²) in [4.78, 5) is 40.0. The molecule has 4 heterocycles. The van der Waals surface area contributed by atoms with Crippen molar-refractivity contribution in [1.29, 1.82) is 0 Å². The number of rotatable bonds is 6. The molecule has 2 aromatic carbocycles. The highest BCUT2D eigenvalue weighted by Gasteiger charge is 2.28. The fourth-order valence-corrected chi connectivity index (χ4v) is 6.21. The number of pyridine rings is 1. The molecule has 11 heteroatoms. The molecule has 0 saturated carbocycles. The Morgan fingerprint density at radius 3 is 2.26 bits per heavy atom. The van der Waals surface area contributed by atoms with Crippen LogP contribution in [-0.4, -0.2) is 68.8 Å². The molecule has 4 aromatic rings. The highest BCUT2D eigenvalue weighted by molar-refractivity contribution is 6.38. The first-order valence-electron chi connectivity index (χ1n) is 13.8. The van der Waals surface area contributed by atoms with Crippen molar-refractivity contribution in [3.63, 3.8) is 0 Å². The predicted octanol–water partition coefficient (Wildman–Crippen LogP) is 4.75. The number of aromatic carboxylic acids is 1. The zero-order valence-electron chi connectivity index (χ0n) is 23.2. The molecular weight excluding hydrogens is 559 g/mol. The van der Waals surface area contributed by atoms with Crippen LogP contribution < -0.4 is 15.2 Å². The number of nitrogens with zero attached hydrogens (tertiary/aromatic N) is 6. The van der Waals surface area contributed by atoms with E-state index >= 15 is 4.39 Å². The number of halogens is 2. The van der Waals surface area contributed by atoms with Crippen LogP contribution in [0.3, 0.4) is 0 Å². The number of fused-ring (bicyclic) bond motifs is 1. The number of hydrogen-bond donors (Lipinski definition) is 1. The van der Waals surface area contributed by atoms with Crippen LogP contribution in [0, 0.1) is 5.82 Å². The Morgan fingerprint density at radius 1 is 1.02 bits per heavy atom. The summed E-state index contributed by atoms with van der Waals surface area (Å²) < 4.78 is 17.2. The number of anilines is 2. The Labute approximate surface area is 247 Å². The van der Waals surface area contributed by atoms with Crippen LogP contribution in [0.15, 0.2) is 71.9 Å². The Hall–Kier alpha value is -4.28. The number of benzene rings is 2. The maximum atomic E-state index is 15.7. The van der Waals surface area contributed by atoms with Crippen molar-refractivity contribution in [2.75, 3.05) is 36.0 Å². The monoisotopic (exact) mass is 588 g/mol. The van der Waals surface area contributed by atoms with Crippen LogP contribution in [0.2, 0.25) is 5.02 Å². The van der Waals surface area contributed by atoms with E-state index < -0.39 is 22.8 Å². The quantitative estimate of drug-likeness (QED) is 0.323. The van der Waals surface area contributed by atoms with Gasteiger partial charge in [0.2, 0.25) is 11.4 Å². The van der Waals surface area contributed by atoms with E-state index in [1.165, 1.54) is 6.20 Å². The van der Waals surface area contributed by atoms with E-state index in [4.69, 9.17) is 11.6 Å². The molecule has 2 atom stereocenters. The summed E-state index contributed by atoms with van der Waals surface area (Å²) in [5.74, 6) is -1.47. The van der Waals surface area contributed by atoms with Crippen molar-refractivity contribution in [1.82, 2.24) is 19.4 Å². The summed E-state index contributed by atoms with van der Waals surface area (Å²) in [5, 5.41) is 9.75. The summed E-state index contributed by atoms with van der Waals surface area (Å²) in [6, 6.07) is 11.2. The molecule has 0 amide bonds. The van der Waals surface area contributed by atoms with Crippen LogP contribution in [0.25, 0.3) is 16.6 Å². The van der Waals surface area contributed by atoms with E-state index in [2.05, 4.69) is 40.9 Å². The van der Waals surface area contributed by atoms with Crippen molar-refractivity contribution < 1.29 is 14.3 Å². The van der Waals surface area contributed by atoms with Gasteiger partial charge in [-0.25, -0.2) is 19.2 Å². The minimum absolute atomic E-state index is 0.0540. The zero-order chi connectivity index (χ0) is 29.5. The summed E-state index contributed by atoms with van der Waals surface area (Å²) in [5.41, 5.74) is 0.886. The summed E-state index contributed by atoms with van der Waals surface area (Å²) >= 11 is 6.93. The lowest BCUT2D eigenvalue weighted by molar-refractivity contribution is 0.0695. The van der Waals surface area contributed by atoms with Crippen LogP contribution >= 0.6 is 11.6 Å². The fourth-order valence-electron chi connectivity index (χ4n) is 5.81. The van der Waals surface area contributed by atoms with Gasteiger partial charge >= 0.3 is 5.97 Å². The lowest BCUT2D eigenvalue weighted by Gasteiger charge is -2.36. The standard InChI is InChI=1S/C31H30ClFN6O3/c1-19-4-5-20(2)38(19)17-21-6-8-22(9-7-21)39-18-24(30(41)42)29(40)23-16-25(33)28(26(32)27(23)39)36-12-14-37(15-13-36)31-34-10-3-11-35-31/h3-11,16,18-20H,12-15,17H2,1-2H3,(H,41,42). The van der Waals surface area contributed by atoms with Gasteiger partial charge in [-0.15, -0.1) is 0 Å². The molecule has 0 spiro atoms. The molecule has 2 aliphatic rings. The third-order valence-electron chi connectivity index (χ3n) is 8.11. The Morgan fingerprint density at radius 2 is 1.64 bits per heavy atom. The van der Waals surface area contributed by atoms with Crippen molar-refractivity contribution in [3.05, 3.63) is 99.3 Å². The second-order valence-corrected chi connectivity index (χ2v) is 11.1. The SMILES string of the molecule is CC1C=CC(C)N1Cc1ccc(-n2cc(C(=O)O)c(=O)c3cc(F)c(N4CCN(c5ncccn5)CC4)c(Cl)c32)cc1. The van der Waals surface area contributed by atoms with E-state index in [0.29, 0.717) is 49.9 Å². The normalized spacial score (nSPS) is 19.1. The van der Waals surface area contributed by atoms with Gasteiger partial charge in [-0.1, -0.05) is 35.9 Å². The number of aromatic nitrogens is 3. The second-order valence-electron chi connectivity index (χ2n) is 10.7. The van der Waals surface area contributed by atoms with Crippen LogP contribution in [0.5, 0.6) is 0 Å². The first-order valence-corrected chi connectivity index (χ1v) is 14.2. The van der Waals surface area contributed by atoms with Crippen molar-refractivity contribution in [2.45, 2.75) is 32.5 Å². The first-order chi connectivity index (χ1) is 20.2. The van der Waals surface area contributed by atoms with E-state index in [0.717, 1.165) is 18.2 Å². The molecule has 2 aliphatic heterocycles. The first kappa shape index (κ1) is 27.9. The minimum Gasteiger partial charge on any atom is -0.477 e. The Kier molecular flexibility index (Phi) is 7.42. The lowest BCUT2D eigenvalue weighted by Crippen LogP contribution is -2.47. The van der Waals surface area contributed by atoms with Crippen molar-refractivity contribution in [2.24, 2.45) is 0 Å². The number of carboxylic acid groups (broad SMARTS) is 1. The van der Waals surface area contributed by atoms with Crippen LogP contribution in [-0.2, 0) is 6.54 Å². The lowest BCUT2D eigenvalue weighted by atomic mass is 10.1. The molecular formula is C31H30ClFN6O3. The van der Waals surface area contributed by atoms with Gasteiger partial charge in [0.05, 0.1) is 21.6 Å². The van der Waals surface area contributed by atoms with Crippen LogP contribution in [0.4, 0.5) is 16.0 Å². The van der Waals surface area contributed by atoms with Gasteiger partial charge in [0.25, 0.3) is 0 Å². The van der Waals surface area contributed by atoms with Gasteiger partial charge in [0.15, 0.2) is 0 Å². The van der Waals surface area contributed by atoms with Gasteiger partial charge in [0.1, 0.15) is 11.4 Å². The Balaban J connectivity index is 1.39. The molecule has 216 valence electrons. The smallest absolute Gasteiger partial charge is 0.341 e. The molecule has 0 bridgehead atoms. The number of carbonyl (C=O) groups is 1. The fraction of sp³-hybridized carbons (Fsp3) is 0.290. The Bertz CT molecular complexity index is 1720. The third kappa shape index (κ3) is 5.01. The molecule has 0 aliphatic carbocycles. The van der Waals surface area contributed by atoms with Crippen molar-refractivity contribution in [3.8, 4) is 5.69 Å². The molecule has 0 radical (unpaired) electrons. The van der Waals surface area contributed by atoms with Crippen LogP contribution in [0.1, 0.15) is 29.8 Å². The molecule has 1 saturated heterocycles. The van der Waals surface area contributed by atoms with Crippen molar-refractivity contribution >= 4 is 40.1 Å². The second kappa shape index (κ2) is 11.2. The van der Waals surface area contributed by atoms with Gasteiger partial charge in [-0.2, -0.15) is 0 Å². The van der Waals surface area contributed by atoms with Gasteiger partial charge < -0.3 is 19.5 Å². The maximum Gasteiger partial charge on any atom is 0.341 e. The molecule has 2 unspecified atom stereocenters. The highest BCUT2D eigenvalue weighted by Crippen LogP contribution is 2.37. The average molecular weight is 589 g/mol. The maximum absolute atomic E-state index is 15.7. The average Bonchev–Trinajstić information content (AvgIpc) is 3.31. The number of piperazine rings is 1. The molecule has 1 fully saturated rings. The van der Waals surface area contributed by atoms with Gasteiger partial charge in [0, 0.05) is 69.1 Å². The van der Waals surface area contributed by atoms with E-state index in [9.17, 15) is 14.7 Å². The molecule has 2 aromatic heterocycles. The third-order valence-corrected chi connectivity index (χ3v) is 8.47. The van der Waals surface area contributed by atoms with E-state index in [-0.39, 0.29) is 21.6 Å². The van der Waals surface area contributed by atoms with E-state index in [1.807, 2.05) is 34.1 Å². The highest BCUT2D eigenvalue weighted by atomic mass is 35.5.